The van der Waals surface area contributed by atoms with Crippen molar-refractivity contribution < 1.29 is 29.3 Å². The highest BCUT2D eigenvalue weighted by Crippen LogP contribution is 2.62. The van der Waals surface area contributed by atoms with Gasteiger partial charge >= 0.3 is 0 Å². The predicted molar refractivity (Wildman–Crippen MR) is 133 cm³/mol. The molecule has 1 amide bonds. The number of carbonyl (C=O) groups excluding carboxylic acids is 3. The maximum absolute atomic E-state index is 13.6. The molecule has 10 heteroatoms. The van der Waals surface area contributed by atoms with Crippen LogP contribution in [0.15, 0.2) is 28.5 Å². The lowest BCUT2D eigenvalue weighted by atomic mass is 9.73. The average Bonchev–Trinajstić information content (AvgIpc) is 3.13. The van der Waals surface area contributed by atoms with Gasteiger partial charge in [0.25, 0.3) is 0 Å². The number of fused-ring (bicyclic) bond motifs is 5. The van der Waals surface area contributed by atoms with E-state index in [0.717, 1.165) is 12.0 Å². The van der Waals surface area contributed by atoms with Crippen LogP contribution in [-0.2, 0) is 19.1 Å². The van der Waals surface area contributed by atoms with Crippen molar-refractivity contribution in [2.45, 2.75) is 69.9 Å². The fourth-order valence-corrected chi connectivity index (χ4v) is 7.23. The third-order valence-corrected chi connectivity index (χ3v) is 8.97. The van der Waals surface area contributed by atoms with Crippen molar-refractivity contribution in [3.63, 3.8) is 0 Å². The molecule has 0 aromatic heterocycles. The third-order valence-electron chi connectivity index (χ3n) is 8.97. The van der Waals surface area contributed by atoms with E-state index in [1.165, 1.54) is 7.11 Å². The third kappa shape index (κ3) is 3.12. The number of phenolic OH excluding ortho intramolecular Hbond substituents is 2. The number of amides is 1. The predicted octanol–water partition coefficient (Wildman–Crippen LogP) is 0.865. The lowest BCUT2D eigenvalue weighted by Gasteiger charge is -2.60. The van der Waals surface area contributed by atoms with Crippen LogP contribution in [0, 0.1) is 6.92 Å². The van der Waals surface area contributed by atoms with E-state index < -0.39 is 12.1 Å². The van der Waals surface area contributed by atoms with Crippen molar-refractivity contribution in [2.24, 2.45) is 5.73 Å². The minimum Gasteiger partial charge on any atom is -0.504 e. The Labute approximate surface area is 214 Å². The van der Waals surface area contributed by atoms with Gasteiger partial charge < -0.3 is 26.0 Å². The maximum atomic E-state index is 13.6. The molecule has 5 N–H and O–H groups in total. The Balaban J connectivity index is 1.48. The van der Waals surface area contributed by atoms with E-state index in [0.29, 0.717) is 35.2 Å². The molecule has 6 atom stereocenters. The summed E-state index contributed by atoms with van der Waals surface area (Å²) in [6.45, 7) is 5.74. The summed E-state index contributed by atoms with van der Waals surface area (Å²) in [6.07, 6.45) is 1.20. The minimum atomic E-state index is -0.720. The molecule has 37 heavy (non-hydrogen) atoms. The van der Waals surface area contributed by atoms with Gasteiger partial charge in [-0.3, -0.25) is 24.2 Å². The molecule has 5 aliphatic rings. The maximum Gasteiger partial charge on any atom is 0.236 e. The van der Waals surface area contributed by atoms with Crippen LogP contribution in [0.5, 0.6) is 11.5 Å². The van der Waals surface area contributed by atoms with Gasteiger partial charge in [-0.1, -0.05) is 6.07 Å². The number of nitrogens with two attached hydrogens (primary N) is 1. The second-order valence-corrected chi connectivity index (χ2v) is 10.9. The van der Waals surface area contributed by atoms with Gasteiger partial charge in [0.05, 0.1) is 25.2 Å². The van der Waals surface area contributed by atoms with Gasteiger partial charge in [-0.15, -0.1) is 0 Å². The van der Waals surface area contributed by atoms with Gasteiger partial charge in [0.2, 0.25) is 11.7 Å². The molecule has 2 fully saturated rings. The number of ketones is 2. The molecule has 0 spiro atoms. The number of phenols is 2. The molecule has 6 rings (SSSR count). The first-order valence-electron chi connectivity index (χ1n) is 12.8. The van der Waals surface area contributed by atoms with Crippen molar-refractivity contribution in [3.8, 4) is 11.5 Å². The van der Waals surface area contributed by atoms with E-state index in [2.05, 4.69) is 15.1 Å². The molecule has 6 unspecified atom stereocenters. The smallest absolute Gasteiger partial charge is 0.236 e. The van der Waals surface area contributed by atoms with Crippen molar-refractivity contribution >= 4 is 17.5 Å². The topological polar surface area (TPSA) is 145 Å². The van der Waals surface area contributed by atoms with Crippen molar-refractivity contribution in [1.29, 1.82) is 0 Å². The normalized spacial score (nSPS) is 31.3. The molecule has 1 aromatic rings. The zero-order chi connectivity index (χ0) is 26.5. The molecule has 1 aliphatic carbocycles. The van der Waals surface area contributed by atoms with E-state index in [9.17, 15) is 24.6 Å². The summed E-state index contributed by atoms with van der Waals surface area (Å²) in [7, 11) is 1.38. The van der Waals surface area contributed by atoms with Crippen LogP contribution in [0.4, 0.5) is 0 Å². The number of carbonyl (C=O) groups is 3. The van der Waals surface area contributed by atoms with Gasteiger partial charge in [-0.05, 0) is 44.7 Å². The summed E-state index contributed by atoms with van der Waals surface area (Å²) in [5, 5.41) is 24.5. The largest absolute Gasteiger partial charge is 0.504 e. The number of nitrogens with one attached hydrogen (secondary N) is 1. The number of allylic oxidation sites excluding steroid dienone is 2. The van der Waals surface area contributed by atoms with Gasteiger partial charge in [0.15, 0.2) is 23.0 Å². The number of nitrogens with zero attached hydrogens (tertiary/aromatic N) is 2. The number of rotatable bonds is 4. The first-order valence-corrected chi connectivity index (χ1v) is 12.8. The Kier molecular flexibility index (Phi) is 5.31. The molecule has 0 saturated carbocycles. The van der Waals surface area contributed by atoms with E-state index in [4.69, 9.17) is 10.5 Å². The molecule has 0 bridgehead atoms. The number of methoxy groups -OCH3 is 1. The molecule has 4 heterocycles. The number of aromatic hydroxyl groups is 2. The van der Waals surface area contributed by atoms with Crippen LogP contribution < -0.4 is 11.1 Å². The zero-order valence-corrected chi connectivity index (χ0v) is 21.4. The van der Waals surface area contributed by atoms with Crippen LogP contribution >= 0.6 is 0 Å². The Morgan fingerprint density at radius 2 is 1.97 bits per heavy atom. The Morgan fingerprint density at radius 3 is 2.65 bits per heavy atom. The molecular formula is C27H32N4O6. The quantitative estimate of drug-likeness (QED) is 0.344. The van der Waals surface area contributed by atoms with E-state index in [1.807, 2.05) is 6.07 Å². The van der Waals surface area contributed by atoms with Crippen LogP contribution in [0.25, 0.3) is 0 Å². The lowest BCUT2D eigenvalue weighted by Crippen LogP contribution is -2.68. The van der Waals surface area contributed by atoms with Gasteiger partial charge in [0, 0.05) is 53.5 Å². The van der Waals surface area contributed by atoms with Crippen LogP contribution in [-0.4, -0.2) is 81.9 Å². The van der Waals surface area contributed by atoms with Crippen LogP contribution in [0.3, 0.4) is 0 Å². The number of hydrogen-bond acceptors (Lipinski definition) is 9. The summed E-state index contributed by atoms with van der Waals surface area (Å²) in [6, 6.07) is 0.514. The second kappa shape index (κ2) is 8.14. The molecule has 196 valence electrons. The Morgan fingerprint density at radius 1 is 1.24 bits per heavy atom. The highest BCUT2D eigenvalue weighted by molar-refractivity contribution is 6.25. The molecule has 4 aliphatic heterocycles. The number of aryl methyl sites for hydroxylation is 1. The fraction of sp³-hybridized carbons (Fsp3) is 0.519. The SMILES string of the molecule is COC1=C(C)C(=O)C2=C(C1=O)C(CNC(=O)C(C)N)N1CC3CC4c5cc(C)c(O)c(O)c5C(C1C2)N34. The summed E-state index contributed by atoms with van der Waals surface area (Å²) >= 11 is 0. The van der Waals surface area contributed by atoms with Crippen molar-refractivity contribution in [2.75, 3.05) is 20.2 Å². The highest BCUT2D eigenvalue weighted by Gasteiger charge is 2.61. The van der Waals surface area contributed by atoms with E-state index in [-0.39, 0.29) is 71.0 Å². The van der Waals surface area contributed by atoms with Crippen LogP contribution in [0.2, 0.25) is 0 Å². The summed E-state index contributed by atoms with van der Waals surface area (Å²) in [5.74, 6) is -1.10. The zero-order valence-electron chi connectivity index (χ0n) is 21.4. The number of benzene rings is 1. The molecule has 10 nitrogen and oxygen atoms in total. The summed E-state index contributed by atoms with van der Waals surface area (Å²) < 4.78 is 5.35. The minimum absolute atomic E-state index is 0.0392. The number of piperazine rings is 1. The first-order chi connectivity index (χ1) is 17.6. The molecular weight excluding hydrogens is 476 g/mol. The molecule has 2 saturated heterocycles. The van der Waals surface area contributed by atoms with Gasteiger partial charge in [-0.2, -0.15) is 0 Å². The van der Waals surface area contributed by atoms with Gasteiger partial charge in [-0.25, -0.2) is 0 Å². The number of ether oxygens (including phenoxy) is 1. The summed E-state index contributed by atoms with van der Waals surface area (Å²) in [5.41, 5.74) is 9.20. The Bertz CT molecular complexity index is 1330. The Hall–Kier alpha value is -3.21. The lowest BCUT2D eigenvalue weighted by molar-refractivity contribution is -0.130. The number of hydrogen-bond donors (Lipinski definition) is 4. The van der Waals surface area contributed by atoms with Crippen LogP contribution in [0.1, 0.15) is 55.5 Å². The van der Waals surface area contributed by atoms with E-state index in [1.54, 1.807) is 20.8 Å². The first kappa shape index (κ1) is 24.1. The highest BCUT2D eigenvalue weighted by atomic mass is 16.5. The standard InChI is InChI=1S/C27H32N4O6/c1-10-5-14-16-6-13-9-30-17(21(31(13)16)20(14)24(34)22(10)32)7-15-19(18(30)8-29-27(36)12(3)28)25(35)26(37-4)11(2)23(15)33/h5,12-13,16-18,21,32,34H,6-9,28H2,1-4H3,(H,29,36). The second-order valence-electron chi connectivity index (χ2n) is 10.9. The molecule has 0 radical (unpaired) electrons. The van der Waals surface area contributed by atoms with E-state index >= 15 is 0 Å². The number of Topliss-reactive ketones (excluding diaryl/α,β-unsaturated/α-hetero) is 2. The average molecular weight is 509 g/mol. The van der Waals surface area contributed by atoms with Crippen molar-refractivity contribution in [3.05, 3.63) is 45.2 Å². The van der Waals surface area contributed by atoms with Crippen molar-refractivity contribution in [1.82, 2.24) is 15.1 Å². The molecule has 1 aromatic carbocycles. The monoisotopic (exact) mass is 508 g/mol. The van der Waals surface area contributed by atoms with Gasteiger partial charge in [0.1, 0.15) is 0 Å². The fourth-order valence-electron chi connectivity index (χ4n) is 7.23. The summed E-state index contributed by atoms with van der Waals surface area (Å²) in [4.78, 5) is 44.2.